The fourth-order valence-corrected chi connectivity index (χ4v) is 1.87. The lowest BCUT2D eigenvalue weighted by Gasteiger charge is -2.12. The topological polar surface area (TPSA) is 68.5 Å². The van der Waals surface area contributed by atoms with Crippen LogP contribution in [0.25, 0.3) is 0 Å². The molecule has 0 unspecified atom stereocenters. The lowest BCUT2D eigenvalue weighted by molar-refractivity contribution is 0.0692. The lowest BCUT2D eigenvalue weighted by Crippen LogP contribution is -2.30. The number of carboxylic acid groups (broad SMARTS) is 1. The zero-order valence-electron chi connectivity index (χ0n) is 11.0. The molecule has 5 heteroatoms. The summed E-state index contributed by atoms with van der Waals surface area (Å²) in [4.78, 5) is 23.1. The van der Waals surface area contributed by atoms with E-state index in [-0.39, 0.29) is 5.56 Å². The molecule has 0 fully saturated rings. The first-order valence-corrected chi connectivity index (χ1v) is 6.01. The van der Waals surface area contributed by atoms with E-state index in [1.165, 1.54) is 4.57 Å². The Kier molecular flexibility index (Phi) is 5.09. The number of aryl methyl sites for hydroxylation is 2. The van der Waals surface area contributed by atoms with Crippen LogP contribution in [-0.4, -0.2) is 28.9 Å². The number of aromatic nitrogens is 1. The molecule has 1 rings (SSSR count). The van der Waals surface area contributed by atoms with Crippen LogP contribution in [-0.2, 0) is 11.3 Å². The molecule has 0 aliphatic carbocycles. The van der Waals surface area contributed by atoms with Crippen LogP contribution in [0.3, 0.4) is 0 Å². The van der Waals surface area contributed by atoms with Gasteiger partial charge in [0.2, 0.25) is 0 Å². The van der Waals surface area contributed by atoms with Crippen LogP contribution in [0.2, 0.25) is 0 Å². The molecule has 5 nitrogen and oxygen atoms in total. The van der Waals surface area contributed by atoms with Crippen LogP contribution >= 0.6 is 0 Å². The van der Waals surface area contributed by atoms with Crippen molar-refractivity contribution in [2.75, 3.05) is 13.2 Å². The number of ether oxygens (including phenoxy) is 1. The molecule has 0 bridgehead atoms. The molecule has 18 heavy (non-hydrogen) atoms. The van der Waals surface area contributed by atoms with Gasteiger partial charge in [0.25, 0.3) is 5.56 Å². The summed E-state index contributed by atoms with van der Waals surface area (Å²) < 4.78 is 6.77. The molecule has 0 saturated carbocycles. The molecular weight excluding hydrogens is 234 g/mol. The second kappa shape index (κ2) is 6.35. The highest BCUT2D eigenvalue weighted by molar-refractivity contribution is 5.88. The van der Waals surface area contributed by atoms with E-state index in [1.54, 1.807) is 19.9 Å². The number of carboxylic acids is 1. The Hall–Kier alpha value is -1.62. The number of hydrogen-bond acceptors (Lipinski definition) is 3. The van der Waals surface area contributed by atoms with Crippen molar-refractivity contribution in [2.24, 2.45) is 0 Å². The second-order valence-corrected chi connectivity index (χ2v) is 4.22. The van der Waals surface area contributed by atoms with Crippen molar-refractivity contribution in [1.29, 1.82) is 0 Å². The van der Waals surface area contributed by atoms with Gasteiger partial charge in [0.1, 0.15) is 5.56 Å². The first kappa shape index (κ1) is 14.4. The SMILES string of the molecule is CCCOCCn1c(C)cc(C)c(C(=O)O)c1=O. The molecule has 0 saturated heterocycles. The van der Waals surface area contributed by atoms with E-state index in [0.29, 0.717) is 25.3 Å². The smallest absolute Gasteiger partial charge is 0.341 e. The minimum atomic E-state index is -1.18. The molecule has 1 aromatic rings. The van der Waals surface area contributed by atoms with Crippen LogP contribution in [0.1, 0.15) is 35.0 Å². The van der Waals surface area contributed by atoms with Crippen molar-refractivity contribution in [2.45, 2.75) is 33.7 Å². The van der Waals surface area contributed by atoms with Crippen LogP contribution < -0.4 is 5.56 Å². The molecule has 0 spiro atoms. The van der Waals surface area contributed by atoms with Gasteiger partial charge in [-0.25, -0.2) is 4.79 Å². The van der Waals surface area contributed by atoms with Gasteiger partial charge in [-0.15, -0.1) is 0 Å². The van der Waals surface area contributed by atoms with E-state index in [1.807, 2.05) is 6.92 Å². The maximum atomic E-state index is 12.0. The van der Waals surface area contributed by atoms with Crippen molar-refractivity contribution in [1.82, 2.24) is 4.57 Å². The Balaban J connectivity index is 3.01. The monoisotopic (exact) mass is 253 g/mol. The van der Waals surface area contributed by atoms with Gasteiger partial charge >= 0.3 is 5.97 Å². The van der Waals surface area contributed by atoms with Gasteiger partial charge in [-0.3, -0.25) is 4.79 Å². The van der Waals surface area contributed by atoms with Crippen molar-refractivity contribution in [3.63, 3.8) is 0 Å². The van der Waals surface area contributed by atoms with Gasteiger partial charge in [-0.2, -0.15) is 0 Å². The van der Waals surface area contributed by atoms with Crippen molar-refractivity contribution in [3.05, 3.63) is 33.2 Å². The molecule has 0 radical (unpaired) electrons. The molecule has 0 atom stereocenters. The number of carbonyl (C=O) groups is 1. The predicted molar refractivity (Wildman–Crippen MR) is 68.2 cm³/mol. The summed E-state index contributed by atoms with van der Waals surface area (Å²) in [5.74, 6) is -1.18. The quantitative estimate of drug-likeness (QED) is 0.782. The summed E-state index contributed by atoms with van der Waals surface area (Å²) in [5.41, 5.74) is 0.634. The maximum Gasteiger partial charge on any atom is 0.341 e. The highest BCUT2D eigenvalue weighted by Gasteiger charge is 2.16. The van der Waals surface area contributed by atoms with E-state index < -0.39 is 11.5 Å². The molecule has 0 amide bonds. The van der Waals surface area contributed by atoms with E-state index in [4.69, 9.17) is 9.84 Å². The van der Waals surface area contributed by atoms with Gasteiger partial charge in [-0.1, -0.05) is 6.92 Å². The standard InChI is InChI=1S/C13H19NO4/c1-4-6-18-7-5-14-10(3)8-9(2)11(12(14)15)13(16)17/h8H,4-7H2,1-3H3,(H,16,17). The Labute approximate surface area is 106 Å². The van der Waals surface area contributed by atoms with Gasteiger partial charge < -0.3 is 14.4 Å². The number of rotatable bonds is 6. The summed E-state index contributed by atoms with van der Waals surface area (Å²) in [7, 11) is 0. The van der Waals surface area contributed by atoms with Crippen LogP contribution in [0.4, 0.5) is 0 Å². The van der Waals surface area contributed by atoms with E-state index in [9.17, 15) is 9.59 Å². The van der Waals surface area contributed by atoms with E-state index in [0.717, 1.165) is 12.1 Å². The van der Waals surface area contributed by atoms with Crippen molar-refractivity contribution >= 4 is 5.97 Å². The summed E-state index contributed by atoms with van der Waals surface area (Å²) in [5, 5.41) is 9.03. The molecular formula is C13H19NO4. The first-order chi connectivity index (χ1) is 8.49. The lowest BCUT2D eigenvalue weighted by atomic mass is 10.1. The van der Waals surface area contributed by atoms with Crippen LogP contribution in [0.15, 0.2) is 10.9 Å². The third-order valence-corrected chi connectivity index (χ3v) is 2.73. The van der Waals surface area contributed by atoms with E-state index in [2.05, 4.69) is 0 Å². The second-order valence-electron chi connectivity index (χ2n) is 4.22. The zero-order valence-corrected chi connectivity index (χ0v) is 11.0. The molecule has 1 heterocycles. The van der Waals surface area contributed by atoms with Gasteiger partial charge in [0, 0.05) is 18.8 Å². The minimum absolute atomic E-state index is 0.156. The Bertz CT molecular complexity index is 490. The molecule has 0 aromatic carbocycles. The highest BCUT2D eigenvalue weighted by Crippen LogP contribution is 2.06. The Morgan fingerprint density at radius 1 is 1.39 bits per heavy atom. The average molecular weight is 253 g/mol. The molecule has 1 aromatic heterocycles. The zero-order chi connectivity index (χ0) is 13.7. The largest absolute Gasteiger partial charge is 0.477 e. The fraction of sp³-hybridized carbons (Fsp3) is 0.538. The molecule has 0 aliphatic rings. The number of hydrogen-bond donors (Lipinski definition) is 1. The van der Waals surface area contributed by atoms with Crippen LogP contribution in [0.5, 0.6) is 0 Å². The van der Waals surface area contributed by atoms with Gasteiger partial charge in [0.05, 0.1) is 6.61 Å². The Morgan fingerprint density at radius 3 is 2.61 bits per heavy atom. The normalized spacial score (nSPS) is 10.6. The van der Waals surface area contributed by atoms with Crippen LogP contribution in [0, 0.1) is 13.8 Å². The number of pyridine rings is 1. The molecule has 1 N–H and O–H groups in total. The average Bonchev–Trinajstić information content (AvgIpc) is 2.26. The van der Waals surface area contributed by atoms with E-state index >= 15 is 0 Å². The summed E-state index contributed by atoms with van der Waals surface area (Å²) in [6.07, 6.45) is 0.919. The number of aromatic carboxylic acids is 1. The number of nitrogens with zero attached hydrogens (tertiary/aromatic N) is 1. The van der Waals surface area contributed by atoms with Crippen molar-refractivity contribution in [3.8, 4) is 0 Å². The van der Waals surface area contributed by atoms with Gasteiger partial charge in [0.15, 0.2) is 0 Å². The highest BCUT2D eigenvalue weighted by atomic mass is 16.5. The summed E-state index contributed by atoms with van der Waals surface area (Å²) >= 11 is 0. The van der Waals surface area contributed by atoms with Gasteiger partial charge in [-0.05, 0) is 31.9 Å². The fourth-order valence-electron chi connectivity index (χ4n) is 1.87. The summed E-state index contributed by atoms with van der Waals surface area (Å²) in [6.45, 7) is 6.87. The van der Waals surface area contributed by atoms with Crippen molar-refractivity contribution < 1.29 is 14.6 Å². The molecule has 0 aliphatic heterocycles. The first-order valence-electron chi connectivity index (χ1n) is 6.01. The Morgan fingerprint density at radius 2 is 2.06 bits per heavy atom. The molecule has 100 valence electrons. The summed E-state index contributed by atoms with van der Waals surface area (Å²) in [6, 6.07) is 1.71. The maximum absolute atomic E-state index is 12.0. The third kappa shape index (κ3) is 3.20. The third-order valence-electron chi connectivity index (χ3n) is 2.73. The predicted octanol–water partition coefficient (Wildman–Crippen LogP) is 1.59. The minimum Gasteiger partial charge on any atom is -0.477 e.